The average molecular weight is 455 g/mol. The third-order valence-corrected chi connectivity index (χ3v) is 6.20. The third-order valence-electron chi connectivity index (χ3n) is 5.89. The fourth-order valence-electron chi connectivity index (χ4n) is 4.45. The Hall–Kier alpha value is -3.64. The number of aryl methyl sites for hydroxylation is 1. The Balaban J connectivity index is 1.63. The number of ether oxygens (including phenoxy) is 1. The van der Waals surface area contributed by atoms with Crippen molar-refractivity contribution in [3.8, 4) is 11.4 Å². The molecule has 1 aliphatic rings. The zero-order valence-electron chi connectivity index (χ0n) is 18.7. The van der Waals surface area contributed by atoms with Gasteiger partial charge in [0.15, 0.2) is 5.11 Å². The second-order valence-corrected chi connectivity index (χ2v) is 8.45. The molecule has 2 aromatic carbocycles. The monoisotopic (exact) mass is 454 g/mol. The molecular formula is C27H26N4OS. The zero-order valence-corrected chi connectivity index (χ0v) is 19.5. The lowest BCUT2D eigenvalue weighted by molar-refractivity contribution is 0.340. The molecule has 33 heavy (non-hydrogen) atoms. The first-order valence-electron chi connectivity index (χ1n) is 11.1. The molecule has 6 heteroatoms. The normalized spacial score (nSPS) is 17.8. The predicted molar refractivity (Wildman–Crippen MR) is 136 cm³/mol. The second-order valence-electron chi connectivity index (χ2n) is 8.07. The minimum Gasteiger partial charge on any atom is -0.494 e. The number of hydrogen-bond donors (Lipinski definition) is 1. The Bertz CT molecular complexity index is 1250. The highest BCUT2D eigenvalue weighted by Gasteiger charge is 2.42. The first-order chi connectivity index (χ1) is 16.2. The van der Waals surface area contributed by atoms with Crippen molar-refractivity contribution in [2.75, 3.05) is 11.5 Å². The number of rotatable bonds is 6. The quantitative estimate of drug-likeness (QED) is 0.376. The number of nitrogens with one attached hydrogen (secondary N) is 1. The summed E-state index contributed by atoms with van der Waals surface area (Å²) in [6.07, 6.45) is 3.94. The van der Waals surface area contributed by atoms with Crippen molar-refractivity contribution in [1.82, 2.24) is 14.9 Å². The van der Waals surface area contributed by atoms with E-state index in [1.807, 2.05) is 37.4 Å². The lowest BCUT2D eigenvalue weighted by Crippen LogP contribution is -2.30. The van der Waals surface area contributed by atoms with Crippen molar-refractivity contribution in [3.05, 3.63) is 108 Å². The first kappa shape index (κ1) is 21.2. The van der Waals surface area contributed by atoms with Gasteiger partial charge < -0.3 is 19.5 Å². The van der Waals surface area contributed by atoms with Crippen LogP contribution in [0.2, 0.25) is 0 Å². The molecular weight excluding hydrogens is 428 g/mol. The van der Waals surface area contributed by atoms with Gasteiger partial charge in [-0.25, -0.2) is 0 Å². The molecule has 0 unspecified atom stereocenters. The van der Waals surface area contributed by atoms with Crippen LogP contribution in [0.4, 0.5) is 5.69 Å². The Morgan fingerprint density at radius 3 is 2.55 bits per heavy atom. The van der Waals surface area contributed by atoms with Gasteiger partial charge in [-0.1, -0.05) is 18.2 Å². The van der Waals surface area contributed by atoms with Gasteiger partial charge in [-0.2, -0.15) is 0 Å². The second kappa shape index (κ2) is 9.08. The van der Waals surface area contributed by atoms with E-state index in [9.17, 15) is 0 Å². The van der Waals surface area contributed by atoms with E-state index in [1.54, 1.807) is 0 Å². The molecule has 4 aromatic rings. The summed E-state index contributed by atoms with van der Waals surface area (Å²) in [5, 5.41) is 4.21. The van der Waals surface area contributed by atoms with E-state index in [0.29, 0.717) is 11.7 Å². The highest BCUT2D eigenvalue weighted by molar-refractivity contribution is 7.80. The Morgan fingerprint density at radius 1 is 0.970 bits per heavy atom. The van der Waals surface area contributed by atoms with Crippen LogP contribution in [0.3, 0.4) is 0 Å². The van der Waals surface area contributed by atoms with Crippen LogP contribution >= 0.6 is 12.2 Å². The smallest absolute Gasteiger partial charge is 0.174 e. The third kappa shape index (κ3) is 4.10. The van der Waals surface area contributed by atoms with Gasteiger partial charge in [-0.15, -0.1) is 0 Å². The molecule has 0 aliphatic carbocycles. The number of anilines is 1. The Kier molecular flexibility index (Phi) is 5.84. The summed E-state index contributed by atoms with van der Waals surface area (Å²) < 4.78 is 7.89. The summed E-state index contributed by atoms with van der Waals surface area (Å²) in [6, 6.07) is 26.7. The summed E-state index contributed by atoms with van der Waals surface area (Å²) in [4.78, 5) is 6.85. The van der Waals surface area contributed by atoms with Gasteiger partial charge in [0.2, 0.25) is 0 Å². The molecule has 5 nitrogen and oxygen atoms in total. The summed E-state index contributed by atoms with van der Waals surface area (Å²) >= 11 is 5.86. The predicted octanol–water partition coefficient (Wildman–Crippen LogP) is 5.76. The number of benzene rings is 2. The maximum Gasteiger partial charge on any atom is 0.174 e. The zero-order chi connectivity index (χ0) is 22.8. The number of aromatic nitrogens is 2. The van der Waals surface area contributed by atoms with Crippen LogP contribution in [-0.4, -0.2) is 21.3 Å². The van der Waals surface area contributed by atoms with E-state index < -0.39 is 0 Å². The van der Waals surface area contributed by atoms with E-state index in [4.69, 9.17) is 17.0 Å². The number of pyridine rings is 1. The van der Waals surface area contributed by atoms with Crippen LogP contribution in [0.5, 0.6) is 5.75 Å². The molecule has 0 radical (unpaired) electrons. The van der Waals surface area contributed by atoms with Gasteiger partial charge in [0.1, 0.15) is 11.8 Å². The van der Waals surface area contributed by atoms with Crippen LogP contribution < -0.4 is 15.0 Å². The molecule has 2 aromatic heterocycles. The standard InChI is InChI=1S/C27H26N4OS/c1-3-32-22-14-12-20(13-15-22)31-26(25(29-27(31)33)23-10-4-5-16-28-23)24-11-7-17-30(24)21-9-6-8-19(2)18-21/h4-18,25-26H,3H2,1-2H3,(H,29,33)/t25-,26-/m0/s1. The first-order valence-corrected chi connectivity index (χ1v) is 11.5. The highest BCUT2D eigenvalue weighted by atomic mass is 32.1. The minimum absolute atomic E-state index is 0.0825. The number of thiocarbonyl (C=S) groups is 1. The van der Waals surface area contributed by atoms with Crippen molar-refractivity contribution in [2.24, 2.45) is 0 Å². The van der Waals surface area contributed by atoms with Crippen molar-refractivity contribution < 1.29 is 4.74 Å². The topological polar surface area (TPSA) is 42.3 Å². The summed E-state index contributed by atoms with van der Waals surface area (Å²) in [6.45, 7) is 4.74. The summed E-state index contributed by atoms with van der Waals surface area (Å²) in [7, 11) is 0. The van der Waals surface area contributed by atoms with Crippen molar-refractivity contribution in [2.45, 2.75) is 25.9 Å². The van der Waals surface area contributed by atoms with Crippen LogP contribution in [0.25, 0.3) is 5.69 Å². The SMILES string of the molecule is CCOc1ccc(N2C(=S)N[C@@H](c3ccccn3)[C@@H]2c2cccn2-c2cccc(C)c2)cc1. The molecule has 1 fully saturated rings. The van der Waals surface area contributed by atoms with Crippen LogP contribution in [-0.2, 0) is 0 Å². The maximum absolute atomic E-state index is 5.86. The lowest BCUT2D eigenvalue weighted by atomic mass is 10.0. The van der Waals surface area contributed by atoms with Crippen LogP contribution in [0.15, 0.2) is 91.3 Å². The summed E-state index contributed by atoms with van der Waals surface area (Å²) in [5.74, 6) is 0.847. The number of nitrogens with zero attached hydrogens (tertiary/aromatic N) is 3. The van der Waals surface area contributed by atoms with Gasteiger partial charge in [-0.05, 0) is 92.3 Å². The van der Waals surface area contributed by atoms with Gasteiger partial charge in [-0.3, -0.25) is 4.98 Å². The van der Waals surface area contributed by atoms with E-state index >= 15 is 0 Å². The molecule has 1 aliphatic heterocycles. The molecule has 0 spiro atoms. The van der Waals surface area contributed by atoms with Crippen LogP contribution in [0.1, 0.15) is 36.0 Å². The van der Waals surface area contributed by atoms with E-state index in [2.05, 4.69) is 87.5 Å². The summed E-state index contributed by atoms with van der Waals surface area (Å²) in [5.41, 5.74) is 5.44. The molecule has 0 amide bonds. The molecule has 0 bridgehead atoms. The van der Waals surface area contributed by atoms with Crippen molar-refractivity contribution in [3.63, 3.8) is 0 Å². The Morgan fingerprint density at radius 2 is 1.82 bits per heavy atom. The number of hydrogen-bond acceptors (Lipinski definition) is 3. The van der Waals surface area contributed by atoms with Gasteiger partial charge in [0, 0.05) is 29.5 Å². The average Bonchev–Trinajstić information content (AvgIpc) is 3.45. The molecule has 3 heterocycles. The van der Waals surface area contributed by atoms with Crippen molar-refractivity contribution in [1.29, 1.82) is 0 Å². The van der Waals surface area contributed by atoms with Gasteiger partial charge in [0.05, 0.1) is 18.3 Å². The Labute approximate surface area is 199 Å². The van der Waals surface area contributed by atoms with Crippen LogP contribution in [0, 0.1) is 6.92 Å². The fraction of sp³-hybridized carbons (Fsp3) is 0.185. The maximum atomic E-state index is 5.86. The molecule has 1 saturated heterocycles. The molecule has 1 N–H and O–H groups in total. The van der Waals surface area contributed by atoms with Crippen molar-refractivity contribution >= 4 is 23.0 Å². The highest BCUT2D eigenvalue weighted by Crippen LogP contribution is 2.42. The lowest BCUT2D eigenvalue weighted by Gasteiger charge is -2.29. The molecule has 2 atom stereocenters. The molecule has 5 rings (SSSR count). The van der Waals surface area contributed by atoms with E-state index in [-0.39, 0.29) is 12.1 Å². The molecule has 0 saturated carbocycles. The van der Waals surface area contributed by atoms with Gasteiger partial charge in [0.25, 0.3) is 0 Å². The van der Waals surface area contributed by atoms with Gasteiger partial charge >= 0.3 is 0 Å². The van der Waals surface area contributed by atoms with E-state index in [1.165, 1.54) is 5.56 Å². The molecule has 166 valence electrons. The minimum atomic E-state index is -0.0938. The largest absolute Gasteiger partial charge is 0.494 e. The van der Waals surface area contributed by atoms with E-state index in [0.717, 1.165) is 28.5 Å². The fourth-order valence-corrected chi connectivity index (χ4v) is 4.80.